The van der Waals surface area contributed by atoms with Gasteiger partial charge in [-0.05, 0) is 48.5 Å². The van der Waals surface area contributed by atoms with Crippen LogP contribution in [0.2, 0.25) is 0 Å². The van der Waals surface area contributed by atoms with Crippen molar-refractivity contribution in [3.63, 3.8) is 0 Å². The summed E-state index contributed by atoms with van der Waals surface area (Å²) >= 11 is 0. The van der Waals surface area contributed by atoms with E-state index in [1.165, 1.54) is 18.2 Å². The number of carbonyl (C=O) groups is 2. The highest BCUT2D eigenvalue weighted by Crippen LogP contribution is 2.42. The average Bonchev–Trinajstić information content (AvgIpc) is 0.748. The maximum absolute atomic E-state index is 14.2. The van der Waals surface area contributed by atoms with Gasteiger partial charge in [-0.1, -0.05) is 103 Å². The van der Waals surface area contributed by atoms with E-state index in [1.54, 1.807) is 47.0 Å². The third-order valence-corrected chi connectivity index (χ3v) is 13.0. The molecule has 0 aliphatic rings. The lowest BCUT2D eigenvalue weighted by Gasteiger charge is -2.46. The quantitative estimate of drug-likeness (QED) is 0.0361. The van der Waals surface area contributed by atoms with Crippen LogP contribution in [0.5, 0.6) is 5.75 Å². The van der Waals surface area contributed by atoms with Gasteiger partial charge in [0.05, 0.1) is 44.5 Å². The first-order valence-electron chi connectivity index (χ1n) is 23.7. The fourth-order valence-electron chi connectivity index (χ4n) is 9.22. The molecule has 8 aromatic rings. The third kappa shape index (κ3) is 14.4. The Morgan fingerprint density at radius 1 is 0.360 bits per heavy atom. The second kappa shape index (κ2) is 23.0. The van der Waals surface area contributed by atoms with Gasteiger partial charge in [-0.2, -0.15) is 132 Å². The van der Waals surface area contributed by atoms with E-state index >= 15 is 0 Å². The van der Waals surface area contributed by atoms with Crippen molar-refractivity contribution in [2.24, 2.45) is 0 Å². The van der Waals surface area contributed by atoms with Gasteiger partial charge >= 0.3 is 55.4 Å². The molecule has 0 aliphatic carbocycles. The molecule has 0 amide bonds. The molecule has 86 heavy (non-hydrogen) atoms. The van der Waals surface area contributed by atoms with Crippen LogP contribution in [-0.2, 0) is 56.0 Å². The number of hydrogen-bond donors (Lipinski definition) is 0. The van der Waals surface area contributed by atoms with Gasteiger partial charge in [-0.3, -0.25) is 4.79 Å². The molecule has 0 N–H and O–H groups in total. The average molecular weight is 1250 g/mol. The first-order chi connectivity index (χ1) is 39.4. The lowest BCUT2D eigenvalue weighted by molar-refractivity contribution is -0.659. The summed E-state index contributed by atoms with van der Waals surface area (Å²) in [6.45, 7) is -0.0485. The molecular weight excluding hydrogens is 1220 g/mol. The number of pyridine rings is 1. The van der Waals surface area contributed by atoms with Gasteiger partial charge in [0, 0.05) is 23.1 Å². The van der Waals surface area contributed by atoms with Crippen molar-refractivity contribution < 1.29 is 129 Å². The fraction of sp³-hybridized carbons (Fsp3) is 0.161. The smallest absolute Gasteiger partial charge is 0.415 e. The Morgan fingerprint density at radius 3 is 0.988 bits per heavy atom. The van der Waals surface area contributed by atoms with Gasteiger partial charge in [0.25, 0.3) is 5.69 Å². The zero-order valence-electron chi connectivity index (χ0n) is 42.0. The summed E-state index contributed by atoms with van der Waals surface area (Å²) in [6, 6.07) is 16.5. The summed E-state index contributed by atoms with van der Waals surface area (Å²) in [6.07, 6.45) is -54.8. The molecule has 0 radical (unpaired) electrons. The third-order valence-electron chi connectivity index (χ3n) is 13.0. The molecule has 0 atom stereocenters. The molecular formula is C56H29BF25NO3. The van der Waals surface area contributed by atoms with Gasteiger partial charge in [0.15, 0.2) is 11.6 Å². The zero-order chi connectivity index (χ0) is 64.1. The summed E-state index contributed by atoms with van der Waals surface area (Å²) < 4.78 is 362. The Labute approximate surface area is 465 Å². The molecule has 0 spiro atoms. The van der Waals surface area contributed by atoms with E-state index in [0.29, 0.717) is 11.1 Å². The monoisotopic (exact) mass is 1250 g/mol. The van der Waals surface area contributed by atoms with E-state index in [4.69, 9.17) is 4.74 Å². The second-order valence-electron chi connectivity index (χ2n) is 18.7. The lowest BCUT2D eigenvalue weighted by Crippen LogP contribution is -2.75. The van der Waals surface area contributed by atoms with E-state index in [2.05, 4.69) is 0 Å². The van der Waals surface area contributed by atoms with E-state index in [9.17, 15) is 119 Å². The van der Waals surface area contributed by atoms with Crippen molar-refractivity contribution >= 4 is 50.7 Å². The number of rotatable bonds is 9. The Hall–Kier alpha value is -8.60. The summed E-state index contributed by atoms with van der Waals surface area (Å²) in [5.41, 5.74) is -28.8. The number of Topliss-reactive ketones (excluding diaryl/α,β-unsaturated/α-hetero) is 1. The molecule has 0 aliphatic heterocycles. The molecule has 4 nitrogen and oxygen atoms in total. The minimum atomic E-state index is -6.13. The van der Waals surface area contributed by atoms with Crippen LogP contribution in [0.4, 0.5) is 110 Å². The number of halogens is 25. The zero-order valence-corrected chi connectivity index (χ0v) is 42.0. The van der Waals surface area contributed by atoms with Crippen molar-refractivity contribution in [1.82, 2.24) is 0 Å². The number of para-hydroxylation sites is 2. The van der Waals surface area contributed by atoms with Crippen molar-refractivity contribution in [3.8, 4) is 5.75 Å². The minimum absolute atomic E-state index is 0.0485. The van der Waals surface area contributed by atoms with Crippen molar-refractivity contribution in [2.75, 3.05) is 0 Å². The van der Waals surface area contributed by atoms with Crippen LogP contribution >= 0.6 is 0 Å². The first-order valence-corrected chi connectivity index (χ1v) is 23.7. The van der Waals surface area contributed by atoms with Crippen LogP contribution in [0.3, 0.4) is 0 Å². The minimum Gasteiger partial charge on any atom is -0.415 e. The predicted molar refractivity (Wildman–Crippen MR) is 256 cm³/mol. The summed E-state index contributed by atoms with van der Waals surface area (Å²) in [5, 5.41) is 0.871. The van der Waals surface area contributed by atoms with Crippen LogP contribution in [0.25, 0.3) is 10.9 Å². The maximum Gasteiger partial charge on any atom is 0.416 e. The number of carbonyl (C=O) groups excluding carboxylic acids is 2. The number of nitrogens with zero attached hydrogens (tertiary/aromatic N) is 1. The van der Waals surface area contributed by atoms with Gasteiger partial charge in [-0.25, -0.2) is 9.18 Å². The van der Waals surface area contributed by atoms with E-state index < -0.39 is 206 Å². The summed E-state index contributed by atoms with van der Waals surface area (Å²) in [7, 11) is 0. The van der Waals surface area contributed by atoms with E-state index in [0.717, 1.165) is 5.39 Å². The highest BCUT2D eigenvalue weighted by molar-refractivity contribution is 7.20. The fourth-order valence-corrected chi connectivity index (χ4v) is 9.22. The molecule has 0 bridgehead atoms. The number of fused-ring (bicyclic) bond motifs is 1. The summed E-state index contributed by atoms with van der Waals surface area (Å²) in [4.78, 5) is 25.6. The molecule has 1 aromatic heterocycles. The normalized spacial score (nSPS) is 13.1. The predicted octanol–water partition coefficient (Wildman–Crippen LogP) is 15.6. The Kier molecular flexibility index (Phi) is 17.4. The highest BCUT2D eigenvalue weighted by atomic mass is 19.4. The van der Waals surface area contributed by atoms with Crippen LogP contribution in [-0.4, -0.2) is 17.9 Å². The van der Waals surface area contributed by atoms with Gasteiger partial charge in [0.1, 0.15) is 6.15 Å². The van der Waals surface area contributed by atoms with Gasteiger partial charge in [-0.15, -0.1) is 0 Å². The van der Waals surface area contributed by atoms with Crippen LogP contribution in [0, 0.1) is 5.82 Å². The first kappa shape index (κ1) is 65.0. The SMILES string of the molecule is FC(F)(F)c1cc([B-](c2cc(C(F)(F)F)cc(C(F)(F)F)c2)(c2cc(C(F)(F)F)cc(C(F)(F)F)c2)c2cc(C(F)(F)F)cc(C(F)(F)F)c2)cc(C(F)(F)F)c1.O=C(C[n+]1c(C(=O)Oc2ccccc2F)ccc2ccccc21)c1ccccc1. The van der Waals surface area contributed by atoms with Crippen LogP contribution in [0.15, 0.2) is 164 Å². The van der Waals surface area contributed by atoms with Crippen molar-refractivity contribution in [3.05, 3.63) is 225 Å². The topological polar surface area (TPSA) is 47.2 Å². The lowest BCUT2D eigenvalue weighted by atomic mass is 9.12. The molecule has 0 fully saturated rings. The van der Waals surface area contributed by atoms with E-state index in [-0.39, 0.29) is 23.8 Å². The highest BCUT2D eigenvalue weighted by Gasteiger charge is 2.47. The largest absolute Gasteiger partial charge is 0.416 e. The van der Waals surface area contributed by atoms with Crippen LogP contribution < -0.4 is 31.2 Å². The van der Waals surface area contributed by atoms with Crippen LogP contribution in [0.1, 0.15) is 65.4 Å². The molecule has 30 heteroatoms. The Balaban J connectivity index is 0.000000302. The standard InChI is InChI=1S/C32H12BF24.C24H17FNO3/c34-25(35,36)13-1-14(26(37,38)39)6-21(5-13)33(22-7-15(27(40,41)42)2-16(8-22)28(43,44)45,23-9-17(29(46,47)48)3-18(10-23)30(49,50)51)24-11-19(31(52,53)54)4-20(12-24)32(55,56)57;25-19-11-5-7-13-23(19)29-24(28)21-15-14-17-8-4-6-12-20(17)26(21)16-22(27)18-9-2-1-3-10-18/h1-12H;1-15H,16H2/q-1;+1. The molecule has 0 saturated carbocycles. The Bertz CT molecular complexity index is 3400. The number of hydrogen-bond acceptors (Lipinski definition) is 3. The van der Waals surface area contributed by atoms with Gasteiger partial charge in [0.2, 0.25) is 17.8 Å². The van der Waals surface area contributed by atoms with E-state index in [1.807, 2.05) is 30.3 Å². The number of ketones is 1. The number of esters is 1. The molecule has 1 heterocycles. The molecule has 0 unspecified atom stereocenters. The number of alkyl halides is 24. The molecule has 0 saturated heterocycles. The molecule has 7 aromatic carbocycles. The van der Waals surface area contributed by atoms with Crippen molar-refractivity contribution in [1.29, 1.82) is 0 Å². The number of benzene rings is 7. The second-order valence-corrected chi connectivity index (χ2v) is 18.7. The molecule has 454 valence electrons. The summed E-state index contributed by atoms with van der Waals surface area (Å²) in [5.74, 6) is -1.67. The number of aromatic nitrogens is 1. The Morgan fingerprint density at radius 2 is 0.663 bits per heavy atom. The number of ether oxygens (including phenoxy) is 1. The molecule has 8 rings (SSSR count). The van der Waals surface area contributed by atoms with Gasteiger partial charge < -0.3 is 4.74 Å². The van der Waals surface area contributed by atoms with Crippen molar-refractivity contribution in [2.45, 2.75) is 56.0 Å². The maximum atomic E-state index is 14.2.